The van der Waals surface area contributed by atoms with Gasteiger partial charge in [-0.05, 0) is 109 Å². The van der Waals surface area contributed by atoms with E-state index in [1.54, 1.807) is 0 Å². The largest absolute Gasteiger partial charge is 0.308 e. The van der Waals surface area contributed by atoms with E-state index in [1.807, 2.05) is 84.9 Å². The van der Waals surface area contributed by atoms with Crippen LogP contribution in [-0.2, 0) is 0 Å². The number of benzene rings is 8. The van der Waals surface area contributed by atoms with Crippen LogP contribution in [0.5, 0.6) is 0 Å². The number of rotatable bonds is 7. The Hall–Kier alpha value is -8.38. The van der Waals surface area contributed by atoms with Gasteiger partial charge in [0.05, 0.1) is 46.3 Å². The van der Waals surface area contributed by atoms with Crippen molar-refractivity contribution >= 4 is 27.5 Å². The van der Waals surface area contributed by atoms with Crippen LogP contribution in [0, 0.1) is 38.7 Å². The molecule has 0 bridgehead atoms. The van der Waals surface area contributed by atoms with Crippen LogP contribution in [0.1, 0.15) is 22.3 Å². The maximum absolute atomic E-state index is 10.2. The first kappa shape index (κ1) is 37.9. The number of nitriles is 1. The van der Waals surface area contributed by atoms with Crippen LogP contribution in [-0.4, -0.2) is 14.5 Å². The number of hydrogen-bond donors (Lipinski definition) is 0. The molecule has 5 heteroatoms. The molecule has 8 aromatic carbocycles. The van der Waals surface area contributed by atoms with E-state index in [0.29, 0.717) is 17.1 Å². The Labute approximate surface area is 361 Å². The van der Waals surface area contributed by atoms with Gasteiger partial charge in [-0.1, -0.05) is 133 Å². The number of hydrogen-bond acceptors (Lipinski definition) is 3. The second kappa shape index (κ2) is 15.7. The summed E-state index contributed by atoms with van der Waals surface area (Å²) in [6, 6.07) is 64.7. The van der Waals surface area contributed by atoms with Crippen LogP contribution in [0.4, 0.5) is 5.69 Å². The van der Waals surface area contributed by atoms with Gasteiger partial charge in [0.2, 0.25) is 0 Å². The fourth-order valence-electron chi connectivity index (χ4n) is 9.04. The first-order valence-corrected chi connectivity index (χ1v) is 20.7. The first-order valence-electron chi connectivity index (χ1n) is 20.7. The van der Waals surface area contributed by atoms with Gasteiger partial charge in [0, 0.05) is 38.6 Å². The Morgan fingerprint density at radius 3 is 1.79 bits per heavy atom. The minimum Gasteiger partial charge on any atom is -0.308 e. The van der Waals surface area contributed by atoms with Crippen molar-refractivity contribution < 1.29 is 0 Å². The Morgan fingerprint density at radius 2 is 1.10 bits per heavy atom. The van der Waals surface area contributed by atoms with Crippen molar-refractivity contribution in [2.45, 2.75) is 20.8 Å². The molecule has 0 saturated heterocycles. The highest BCUT2D eigenvalue weighted by Crippen LogP contribution is 2.45. The molecule has 0 unspecified atom stereocenters. The third kappa shape index (κ3) is 6.79. The third-order valence-electron chi connectivity index (χ3n) is 11.7. The van der Waals surface area contributed by atoms with Crippen molar-refractivity contribution in [3.63, 3.8) is 0 Å². The fraction of sp³-hybridized carbons (Fsp3) is 0.0526. The predicted molar refractivity (Wildman–Crippen MR) is 254 cm³/mol. The molecule has 0 N–H and O–H groups in total. The molecule has 10 aromatic rings. The molecule has 292 valence electrons. The number of aryl methyl sites for hydroxylation is 3. The zero-order chi connectivity index (χ0) is 42.3. The Kier molecular flexibility index (Phi) is 9.56. The normalized spacial score (nSPS) is 11.1. The molecular formula is C57H39N5. The lowest BCUT2D eigenvalue weighted by molar-refractivity contribution is 1.17. The zero-order valence-corrected chi connectivity index (χ0v) is 34.6. The standard InChI is InChI=1S/C57H39N5/c1-36-27-37(2)55(38(3)28-36)44-25-26-54-50(31-44)47-23-11-12-24-53(47)62(54)56-48(42-20-13-15-39(29-42)35-58)32-45(33-49(56)43-21-14-22-46(30-43)59-4)52-34-51(40-16-7-5-8-17-40)60-57(61-52)41-18-9-6-10-19-41/h5-34H,1-3H3. The molecule has 0 radical (unpaired) electrons. The zero-order valence-electron chi connectivity index (χ0n) is 34.6. The smallest absolute Gasteiger partial charge is 0.187 e. The summed E-state index contributed by atoms with van der Waals surface area (Å²) in [5, 5.41) is 12.5. The Bertz CT molecular complexity index is 3300. The van der Waals surface area contributed by atoms with Gasteiger partial charge in [-0.3, -0.25) is 0 Å². The van der Waals surface area contributed by atoms with E-state index >= 15 is 0 Å². The molecule has 0 saturated carbocycles. The van der Waals surface area contributed by atoms with Crippen molar-refractivity contribution in [1.82, 2.24) is 14.5 Å². The fourth-order valence-corrected chi connectivity index (χ4v) is 9.04. The average Bonchev–Trinajstić information content (AvgIpc) is 3.64. The summed E-state index contributed by atoms with van der Waals surface area (Å²) >= 11 is 0. The highest BCUT2D eigenvalue weighted by molar-refractivity contribution is 6.12. The van der Waals surface area contributed by atoms with Gasteiger partial charge in [0.1, 0.15) is 0 Å². The van der Waals surface area contributed by atoms with Gasteiger partial charge in [-0.25, -0.2) is 14.8 Å². The van der Waals surface area contributed by atoms with Gasteiger partial charge in [-0.2, -0.15) is 5.26 Å². The summed E-state index contributed by atoms with van der Waals surface area (Å²) in [5.74, 6) is 0.618. The number of fused-ring (bicyclic) bond motifs is 3. The Balaban J connectivity index is 1.33. The van der Waals surface area contributed by atoms with Gasteiger partial charge in [-0.15, -0.1) is 0 Å². The summed E-state index contributed by atoms with van der Waals surface area (Å²) in [4.78, 5) is 14.2. The predicted octanol–water partition coefficient (Wildman–Crippen LogP) is 14.9. The van der Waals surface area contributed by atoms with Gasteiger partial charge in [0.15, 0.2) is 11.5 Å². The molecule has 0 aliphatic carbocycles. The molecule has 0 aliphatic heterocycles. The van der Waals surface area contributed by atoms with Crippen molar-refractivity contribution in [2.24, 2.45) is 0 Å². The van der Waals surface area contributed by atoms with Gasteiger partial charge >= 0.3 is 0 Å². The summed E-state index contributed by atoms with van der Waals surface area (Å²) in [6.45, 7) is 14.6. The van der Waals surface area contributed by atoms with Crippen LogP contribution in [0.3, 0.4) is 0 Å². The molecule has 0 spiro atoms. The van der Waals surface area contributed by atoms with Crippen LogP contribution >= 0.6 is 0 Å². The second-order valence-electron chi connectivity index (χ2n) is 15.8. The highest BCUT2D eigenvalue weighted by Gasteiger charge is 2.24. The molecular weight excluding hydrogens is 755 g/mol. The van der Waals surface area contributed by atoms with Crippen LogP contribution in [0.25, 0.3) is 99.6 Å². The maximum atomic E-state index is 10.2. The van der Waals surface area contributed by atoms with Crippen molar-refractivity contribution in [2.75, 3.05) is 0 Å². The molecule has 10 rings (SSSR count). The number of para-hydroxylation sites is 1. The van der Waals surface area contributed by atoms with Gasteiger partial charge in [0.25, 0.3) is 0 Å². The van der Waals surface area contributed by atoms with Gasteiger partial charge < -0.3 is 4.57 Å². The lowest BCUT2D eigenvalue weighted by atomic mass is 9.90. The quantitative estimate of drug-likeness (QED) is 0.151. The second-order valence-corrected chi connectivity index (χ2v) is 15.8. The summed E-state index contributed by atoms with van der Waals surface area (Å²) in [6.07, 6.45) is 0. The van der Waals surface area contributed by atoms with Crippen molar-refractivity contribution in [1.29, 1.82) is 5.26 Å². The topological polar surface area (TPSA) is 58.9 Å². The number of aromatic nitrogens is 3. The first-order chi connectivity index (χ1) is 30.4. The minimum absolute atomic E-state index is 0.544. The molecule has 2 heterocycles. The van der Waals surface area contributed by atoms with E-state index in [4.69, 9.17) is 16.5 Å². The molecule has 0 atom stereocenters. The van der Waals surface area contributed by atoms with Crippen LogP contribution in [0.15, 0.2) is 182 Å². The molecule has 2 aromatic heterocycles. The molecule has 0 aliphatic rings. The lowest BCUT2D eigenvalue weighted by Crippen LogP contribution is -2.03. The van der Waals surface area contributed by atoms with Crippen molar-refractivity contribution in [3.8, 4) is 79.0 Å². The van der Waals surface area contributed by atoms with E-state index in [2.05, 4.69) is 133 Å². The van der Waals surface area contributed by atoms with E-state index < -0.39 is 0 Å². The molecule has 5 nitrogen and oxygen atoms in total. The van der Waals surface area contributed by atoms with Crippen LogP contribution in [0.2, 0.25) is 0 Å². The van der Waals surface area contributed by atoms with E-state index in [0.717, 1.165) is 77.8 Å². The summed E-state index contributed by atoms with van der Waals surface area (Å²) in [7, 11) is 0. The minimum atomic E-state index is 0.544. The Morgan fingerprint density at radius 1 is 0.500 bits per heavy atom. The van der Waals surface area contributed by atoms with Crippen molar-refractivity contribution in [3.05, 3.63) is 216 Å². The molecule has 0 fully saturated rings. The molecule has 0 amide bonds. The number of nitrogens with zero attached hydrogens (tertiary/aromatic N) is 5. The lowest BCUT2D eigenvalue weighted by Gasteiger charge is -2.22. The summed E-state index contributed by atoms with van der Waals surface area (Å²) < 4.78 is 2.37. The monoisotopic (exact) mass is 793 g/mol. The van der Waals surface area contributed by atoms with E-state index in [-0.39, 0.29) is 0 Å². The van der Waals surface area contributed by atoms with E-state index in [1.165, 1.54) is 27.8 Å². The summed E-state index contributed by atoms with van der Waals surface area (Å²) in [5.41, 5.74) is 18.2. The molecule has 62 heavy (non-hydrogen) atoms. The maximum Gasteiger partial charge on any atom is 0.187 e. The van der Waals surface area contributed by atoms with Crippen LogP contribution < -0.4 is 0 Å². The SMILES string of the molecule is [C-]#[N+]c1cccc(-c2cc(-c3cc(-c4ccccc4)nc(-c4ccccc4)n3)cc(-c3cccc(C#N)c3)c2-n2c3ccccc3c3cc(-c4c(C)cc(C)cc4C)ccc32)c1. The van der Waals surface area contributed by atoms with E-state index in [9.17, 15) is 5.26 Å². The average molecular weight is 794 g/mol. The highest BCUT2D eigenvalue weighted by atomic mass is 15.0. The third-order valence-corrected chi connectivity index (χ3v) is 11.7.